The monoisotopic (exact) mass is 257 g/mol. The summed E-state index contributed by atoms with van der Waals surface area (Å²) in [6, 6.07) is 13.1. The number of nitrogens with one attached hydrogen (secondary N) is 1. The lowest BCUT2D eigenvalue weighted by atomic mass is 10.0. The lowest BCUT2D eigenvalue weighted by Gasteiger charge is -2.11. The number of aromatic hydroxyl groups is 2. The average Bonchev–Trinajstić information content (AvgIpc) is 2.40. The summed E-state index contributed by atoms with van der Waals surface area (Å²) in [6.45, 7) is 4.93. The van der Waals surface area contributed by atoms with Gasteiger partial charge in [-0.05, 0) is 41.3 Å². The summed E-state index contributed by atoms with van der Waals surface area (Å²) in [5.74, 6) is 0.320. The Morgan fingerprint density at radius 2 is 1.79 bits per heavy atom. The highest BCUT2D eigenvalue weighted by Gasteiger charge is 2.02. The van der Waals surface area contributed by atoms with Gasteiger partial charge < -0.3 is 15.5 Å². The van der Waals surface area contributed by atoms with Crippen molar-refractivity contribution in [3.05, 3.63) is 53.6 Å². The number of rotatable bonds is 4. The second-order valence-electron chi connectivity index (χ2n) is 4.96. The Morgan fingerprint density at radius 3 is 2.47 bits per heavy atom. The number of benzene rings is 2. The molecule has 0 aliphatic heterocycles. The van der Waals surface area contributed by atoms with Gasteiger partial charge in [-0.15, -0.1) is 0 Å². The Balaban J connectivity index is 2.05. The zero-order valence-corrected chi connectivity index (χ0v) is 11.2. The van der Waals surface area contributed by atoms with E-state index in [4.69, 9.17) is 0 Å². The smallest absolute Gasteiger partial charge is 0.157 e. The largest absolute Gasteiger partial charge is 0.504 e. The van der Waals surface area contributed by atoms with E-state index in [2.05, 4.69) is 31.3 Å². The molecule has 0 unspecified atom stereocenters. The fourth-order valence-corrected chi connectivity index (χ4v) is 1.89. The molecular formula is C16H19NO2. The van der Waals surface area contributed by atoms with E-state index >= 15 is 0 Å². The third-order valence-electron chi connectivity index (χ3n) is 3.09. The van der Waals surface area contributed by atoms with Crippen LogP contribution < -0.4 is 5.32 Å². The van der Waals surface area contributed by atoms with Crippen LogP contribution in [-0.4, -0.2) is 10.2 Å². The van der Waals surface area contributed by atoms with E-state index in [0.29, 0.717) is 12.5 Å². The van der Waals surface area contributed by atoms with Crippen molar-refractivity contribution in [2.24, 2.45) is 0 Å². The summed E-state index contributed by atoms with van der Waals surface area (Å²) >= 11 is 0. The first kappa shape index (κ1) is 13.3. The Labute approximate surface area is 113 Å². The molecule has 0 atom stereocenters. The summed E-state index contributed by atoms with van der Waals surface area (Å²) in [4.78, 5) is 0. The summed E-state index contributed by atoms with van der Waals surface area (Å²) in [5.41, 5.74) is 3.27. The quantitative estimate of drug-likeness (QED) is 0.729. The number of phenols is 2. The predicted octanol–water partition coefficient (Wildman–Crippen LogP) is 3.83. The van der Waals surface area contributed by atoms with Gasteiger partial charge in [0.15, 0.2) is 11.5 Å². The Bertz CT molecular complexity index is 564. The molecule has 19 heavy (non-hydrogen) atoms. The molecule has 0 heterocycles. The van der Waals surface area contributed by atoms with Gasteiger partial charge in [-0.3, -0.25) is 0 Å². The molecule has 3 N–H and O–H groups in total. The number of hydrogen-bond acceptors (Lipinski definition) is 3. The molecule has 0 aromatic heterocycles. The summed E-state index contributed by atoms with van der Waals surface area (Å²) in [5, 5.41) is 22.0. The van der Waals surface area contributed by atoms with Crippen molar-refractivity contribution in [3.63, 3.8) is 0 Å². The maximum atomic E-state index is 9.44. The van der Waals surface area contributed by atoms with Crippen LogP contribution in [0.5, 0.6) is 11.5 Å². The molecule has 0 saturated heterocycles. The van der Waals surface area contributed by atoms with E-state index in [9.17, 15) is 10.2 Å². The molecule has 3 heteroatoms. The second kappa shape index (κ2) is 5.65. The van der Waals surface area contributed by atoms with Crippen LogP contribution in [0.4, 0.5) is 5.69 Å². The highest BCUT2D eigenvalue weighted by Crippen LogP contribution is 2.25. The molecule has 2 aromatic carbocycles. The lowest BCUT2D eigenvalue weighted by molar-refractivity contribution is 0.403. The Kier molecular flexibility index (Phi) is 3.95. The van der Waals surface area contributed by atoms with Crippen molar-refractivity contribution in [1.29, 1.82) is 0 Å². The van der Waals surface area contributed by atoms with Crippen LogP contribution in [-0.2, 0) is 6.54 Å². The van der Waals surface area contributed by atoms with Gasteiger partial charge in [-0.2, -0.15) is 0 Å². The zero-order valence-electron chi connectivity index (χ0n) is 11.2. The van der Waals surface area contributed by atoms with Crippen molar-refractivity contribution in [1.82, 2.24) is 0 Å². The minimum absolute atomic E-state index is 0.0877. The van der Waals surface area contributed by atoms with E-state index in [1.165, 1.54) is 11.6 Å². The molecule has 0 spiro atoms. The van der Waals surface area contributed by atoms with Crippen LogP contribution in [0.3, 0.4) is 0 Å². The molecule has 100 valence electrons. The van der Waals surface area contributed by atoms with E-state index in [0.717, 1.165) is 11.3 Å². The maximum Gasteiger partial charge on any atom is 0.157 e. The molecule has 0 saturated carbocycles. The minimum Gasteiger partial charge on any atom is -0.504 e. The predicted molar refractivity (Wildman–Crippen MR) is 77.6 cm³/mol. The molecule has 0 aliphatic rings. The van der Waals surface area contributed by atoms with Crippen molar-refractivity contribution >= 4 is 5.69 Å². The van der Waals surface area contributed by atoms with Crippen LogP contribution in [0.15, 0.2) is 42.5 Å². The lowest BCUT2D eigenvalue weighted by Crippen LogP contribution is -2.00. The standard InChI is InChI=1S/C16H19NO2/c1-11(2)13-4-3-5-14(9-13)17-10-12-6-7-15(18)16(19)8-12/h3-9,11,17-19H,10H2,1-2H3. The maximum absolute atomic E-state index is 9.44. The third kappa shape index (κ3) is 3.41. The minimum atomic E-state index is -0.0921. The van der Waals surface area contributed by atoms with Crippen molar-refractivity contribution in [2.75, 3.05) is 5.32 Å². The number of phenolic OH excluding ortho intramolecular Hbond substituents is 2. The van der Waals surface area contributed by atoms with E-state index in [1.807, 2.05) is 12.1 Å². The van der Waals surface area contributed by atoms with Gasteiger partial charge in [0, 0.05) is 12.2 Å². The Hall–Kier alpha value is -2.16. The fraction of sp³-hybridized carbons (Fsp3) is 0.250. The Morgan fingerprint density at radius 1 is 1.00 bits per heavy atom. The van der Waals surface area contributed by atoms with Gasteiger partial charge >= 0.3 is 0 Å². The van der Waals surface area contributed by atoms with E-state index < -0.39 is 0 Å². The molecule has 2 rings (SSSR count). The van der Waals surface area contributed by atoms with Gasteiger partial charge in [-0.1, -0.05) is 32.0 Å². The normalized spacial score (nSPS) is 10.7. The van der Waals surface area contributed by atoms with Crippen LogP contribution in [0.25, 0.3) is 0 Å². The summed E-state index contributed by atoms with van der Waals surface area (Å²) in [6.07, 6.45) is 0. The third-order valence-corrected chi connectivity index (χ3v) is 3.09. The van der Waals surface area contributed by atoms with E-state index in [1.54, 1.807) is 12.1 Å². The second-order valence-corrected chi connectivity index (χ2v) is 4.96. The first-order chi connectivity index (χ1) is 9.06. The molecule has 3 nitrogen and oxygen atoms in total. The first-order valence-electron chi connectivity index (χ1n) is 6.41. The zero-order chi connectivity index (χ0) is 13.8. The molecule has 0 amide bonds. The molecule has 2 aromatic rings. The number of hydrogen-bond donors (Lipinski definition) is 3. The fourth-order valence-electron chi connectivity index (χ4n) is 1.89. The van der Waals surface area contributed by atoms with Crippen molar-refractivity contribution in [2.45, 2.75) is 26.3 Å². The van der Waals surface area contributed by atoms with Gasteiger partial charge in [0.1, 0.15) is 0 Å². The SMILES string of the molecule is CC(C)c1cccc(NCc2ccc(O)c(O)c2)c1. The van der Waals surface area contributed by atoms with E-state index in [-0.39, 0.29) is 11.5 Å². The van der Waals surface area contributed by atoms with Crippen LogP contribution in [0, 0.1) is 0 Å². The summed E-state index contributed by atoms with van der Waals surface area (Å²) in [7, 11) is 0. The number of anilines is 1. The first-order valence-corrected chi connectivity index (χ1v) is 6.41. The van der Waals surface area contributed by atoms with Crippen LogP contribution in [0.1, 0.15) is 30.9 Å². The van der Waals surface area contributed by atoms with Crippen LogP contribution >= 0.6 is 0 Å². The van der Waals surface area contributed by atoms with Gasteiger partial charge in [0.2, 0.25) is 0 Å². The van der Waals surface area contributed by atoms with Crippen molar-refractivity contribution in [3.8, 4) is 11.5 Å². The molecule has 0 radical (unpaired) electrons. The van der Waals surface area contributed by atoms with Gasteiger partial charge in [0.05, 0.1) is 0 Å². The van der Waals surface area contributed by atoms with Gasteiger partial charge in [0.25, 0.3) is 0 Å². The average molecular weight is 257 g/mol. The molecule has 0 bridgehead atoms. The summed E-state index contributed by atoms with van der Waals surface area (Å²) < 4.78 is 0. The molecule has 0 fully saturated rings. The molecular weight excluding hydrogens is 238 g/mol. The highest BCUT2D eigenvalue weighted by molar-refractivity contribution is 5.48. The highest BCUT2D eigenvalue weighted by atomic mass is 16.3. The van der Waals surface area contributed by atoms with Crippen LogP contribution in [0.2, 0.25) is 0 Å². The van der Waals surface area contributed by atoms with Gasteiger partial charge in [-0.25, -0.2) is 0 Å². The topological polar surface area (TPSA) is 52.5 Å². The molecule has 0 aliphatic carbocycles. The van der Waals surface area contributed by atoms with Crippen molar-refractivity contribution < 1.29 is 10.2 Å².